The molecule has 0 bridgehead atoms. The third kappa shape index (κ3) is 3.57. The maximum absolute atomic E-state index is 12.7. The van der Waals surface area contributed by atoms with Gasteiger partial charge in [-0.15, -0.1) is 0 Å². The third-order valence-corrected chi connectivity index (χ3v) is 6.31. The number of aryl methyl sites for hydroxylation is 1. The zero-order valence-corrected chi connectivity index (χ0v) is 14.6. The SMILES string of the molecule is CCCN(C)S(=O)(=O)N1CCC(c2ccc(C)cc2)C1C(=O)O. The van der Waals surface area contributed by atoms with Crippen molar-refractivity contribution in [3.63, 3.8) is 0 Å². The fourth-order valence-corrected chi connectivity index (χ4v) is 4.72. The molecule has 0 radical (unpaired) electrons. The number of nitrogens with zero attached hydrogens (tertiary/aromatic N) is 2. The van der Waals surface area contributed by atoms with Crippen molar-refractivity contribution in [1.29, 1.82) is 0 Å². The fraction of sp³-hybridized carbons (Fsp3) is 0.562. The Balaban J connectivity index is 2.33. The Morgan fingerprint density at radius 1 is 1.35 bits per heavy atom. The van der Waals surface area contributed by atoms with Crippen LogP contribution in [0.4, 0.5) is 0 Å². The topological polar surface area (TPSA) is 77.9 Å². The van der Waals surface area contributed by atoms with Crippen LogP contribution in [0.25, 0.3) is 0 Å². The van der Waals surface area contributed by atoms with E-state index in [4.69, 9.17) is 0 Å². The smallest absolute Gasteiger partial charge is 0.322 e. The number of carboxylic acid groups (broad SMARTS) is 1. The van der Waals surface area contributed by atoms with Gasteiger partial charge in [0.1, 0.15) is 6.04 Å². The summed E-state index contributed by atoms with van der Waals surface area (Å²) in [7, 11) is -2.26. The molecule has 1 aliphatic heterocycles. The van der Waals surface area contributed by atoms with E-state index in [0.29, 0.717) is 19.4 Å². The van der Waals surface area contributed by atoms with Gasteiger partial charge in [0, 0.05) is 26.1 Å². The van der Waals surface area contributed by atoms with E-state index in [1.54, 1.807) is 0 Å². The molecule has 1 N–H and O–H groups in total. The van der Waals surface area contributed by atoms with Gasteiger partial charge in [-0.1, -0.05) is 36.8 Å². The van der Waals surface area contributed by atoms with Crippen LogP contribution in [0.3, 0.4) is 0 Å². The van der Waals surface area contributed by atoms with Crippen LogP contribution >= 0.6 is 0 Å². The van der Waals surface area contributed by atoms with Crippen LogP contribution in [0.5, 0.6) is 0 Å². The predicted molar refractivity (Wildman–Crippen MR) is 88.5 cm³/mol. The van der Waals surface area contributed by atoms with Gasteiger partial charge in [0.15, 0.2) is 0 Å². The summed E-state index contributed by atoms with van der Waals surface area (Å²) in [5.74, 6) is -1.42. The van der Waals surface area contributed by atoms with Crippen molar-refractivity contribution in [3.8, 4) is 0 Å². The molecule has 6 nitrogen and oxygen atoms in total. The van der Waals surface area contributed by atoms with Crippen molar-refractivity contribution in [2.75, 3.05) is 20.1 Å². The highest BCUT2D eigenvalue weighted by atomic mass is 32.2. The van der Waals surface area contributed by atoms with E-state index in [9.17, 15) is 18.3 Å². The van der Waals surface area contributed by atoms with Crippen molar-refractivity contribution in [1.82, 2.24) is 8.61 Å². The summed E-state index contributed by atoms with van der Waals surface area (Å²) in [5.41, 5.74) is 1.96. The van der Waals surface area contributed by atoms with Crippen LogP contribution in [-0.2, 0) is 15.0 Å². The minimum absolute atomic E-state index is 0.228. The Labute approximate surface area is 137 Å². The Kier molecular flexibility index (Phi) is 5.44. The van der Waals surface area contributed by atoms with Crippen molar-refractivity contribution in [2.24, 2.45) is 0 Å². The lowest BCUT2D eigenvalue weighted by molar-refractivity contribution is -0.141. The molecule has 1 fully saturated rings. The monoisotopic (exact) mass is 340 g/mol. The van der Waals surface area contributed by atoms with Crippen molar-refractivity contribution in [2.45, 2.75) is 38.6 Å². The summed E-state index contributed by atoms with van der Waals surface area (Å²) in [6.07, 6.45) is 1.20. The molecular formula is C16H24N2O4S. The maximum atomic E-state index is 12.7. The molecule has 23 heavy (non-hydrogen) atoms. The van der Waals surface area contributed by atoms with Crippen molar-refractivity contribution >= 4 is 16.2 Å². The minimum atomic E-state index is -3.76. The molecule has 0 saturated carbocycles. The second kappa shape index (κ2) is 6.98. The largest absolute Gasteiger partial charge is 0.480 e. The first-order valence-corrected chi connectivity index (χ1v) is 9.21. The molecule has 0 aliphatic carbocycles. The molecule has 7 heteroatoms. The Hall–Kier alpha value is -1.44. The lowest BCUT2D eigenvalue weighted by Crippen LogP contribution is -2.48. The first-order chi connectivity index (χ1) is 10.8. The summed E-state index contributed by atoms with van der Waals surface area (Å²) in [5, 5.41) is 9.62. The molecule has 0 spiro atoms. The summed E-state index contributed by atoms with van der Waals surface area (Å²) >= 11 is 0. The summed E-state index contributed by atoms with van der Waals surface area (Å²) in [6, 6.07) is 6.58. The predicted octanol–water partition coefficient (Wildman–Crippen LogP) is 1.82. The average Bonchev–Trinajstić information content (AvgIpc) is 2.94. The summed E-state index contributed by atoms with van der Waals surface area (Å²) < 4.78 is 27.7. The normalized spacial score (nSPS) is 22.6. The molecule has 1 aromatic carbocycles. The van der Waals surface area contributed by atoms with Crippen LogP contribution in [0.2, 0.25) is 0 Å². The second-order valence-corrected chi connectivity index (χ2v) is 8.02. The fourth-order valence-electron chi connectivity index (χ4n) is 3.09. The van der Waals surface area contributed by atoms with E-state index in [0.717, 1.165) is 15.4 Å². The molecule has 2 atom stereocenters. The van der Waals surface area contributed by atoms with Gasteiger partial charge in [-0.05, 0) is 25.3 Å². The van der Waals surface area contributed by atoms with Gasteiger partial charge in [0.2, 0.25) is 0 Å². The first kappa shape index (κ1) is 17.9. The summed E-state index contributed by atoms with van der Waals surface area (Å²) in [4.78, 5) is 11.8. The number of carbonyl (C=O) groups is 1. The van der Waals surface area contributed by atoms with E-state index < -0.39 is 22.2 Å². The van der Waals surface area contributed by atoms with E-state index >= 15 is 0 Å². The molecule has 1 saturated heterocycles. The average molecular weight is 340 g/mol. The number of aliphatic carboxylic acids is 1. The zero-order valence-electron chi connectivity index (χ0n) is 13.8. The lowest BCUT2D eigenvalue weighted by atomic mass is 9.91. The van der Waals surface area contributed by atoms with Crippen LogP contribution in [-0.4, -0.2) is 54.3 Å². The van der Waals surface area contributed by atoms with Crippen molar-refractivity contribution in [3.05, 3.63) is 35.4 Å². The number of benzene rings is 1. The molecule has 1 aromatic rings. The van der Waals surface area contributed by atoms with E-state index in [-0.39, 0.29) is 12.5 Å². The number of hydrogen-bond acceptors (Lipinski definition) is 3. The minimum Gasteiger partial charge on any atom is -0.480 e. The maximum Gasteiger partial charge on any atom is 0.322 e. The summed E-state index contributed by atoms with van der Waals surface area (Å²) in [6.45, 7) is 4.45. The molecule has 2 unspecified atom stereocenters. The highest BCUT2D eigenvalue weighted by molar-refractivity contribution is 7.86. The van der Waals surface area contributed by atoms with Gasteiger partial charge in [-0.3, -0.25) is 4.79 Å². The van der Waals surface area contributed by atoms with E-state index in [2.05, 4.69) is 0 Å². The van der Waals surface area contributed by atoms with Crippen LogP contribution in [0.15, 0.2) is 24.3 Å². The molecule has 1 heterocycles. The Morgan fingerprint density at radius 3 is 2.48 bits per heavy atom. The second-order valence-electron chi connectivity index (χ2n) is 6.03. The quantitative estimate of drug-likeness (QED) is 0.857. The van der Waals surface area contributed by atoms with Gasteiger partial charge in [-0.25, -0.2) is 0 Å². The molecular weight excluding hydrogens is 316 g/mol. The highest BCUT2D eigenvalue weighted by Crippen LogP contribution is 2.36. The molecule has 2 rings (SSSR count). The van der Waals surface area contributed by atoms with Gasteiger partial charge < -0.3 is 5.11 Å². The lowest BCUT2D eigenvalue weighted by Gasteiger charge is -2.28. The standard InChI is InChI=1S/C16H24N2O4S/c1-4-10-17(3)23(21,22)18-11-9-14(15(18)16(19)20)13-7-5-12(2)6-8-13/h5-8,14-15H,4,9-11H2,1-3H3,(H,19,20). The third-order valence-electron chi connectivity index (χ3n) is 4.34. The molecule has 0 amide bonds. The van der Waals surface area contributed by atoms with E-state index in [1.165, 1.54) is 11.4 Å². The Bertz CT molecular complexity index is 657. The molecule has 128 valence electrons. The zero-order chi connectivity index (χ0) is 17.2. The number of carboxylic acids is 1. The molecule has 0 aromatic heterocycles. The van der Waals surface area contributed by atoms with E-state index in [1.807, 2.05) is 38.1 Å². The Morgan fingerprint density at radius 2 is 1.96 bits per heavy atom. The van der Waals surface area contributed by atoms with Crippen LogP contribution in [0.1, 0.15) is 36.8 Å². The number of rotatable bonds is 6. The van der Waals surface area contributed by atoms with Crippen molar-refractivity contribution < 1.29 is 18.3 Å². The van der Waals surface area contributed by atoms with Crippen LogP contribution < -0.4 is 0 Å². The van der Waals surface area contributed by atoms with Gasteiger partial charge in [0.05, 0.1) is 0 Å². The number of hydrogen-bond donors (Lipinski definition) is 1. The van der Waals surface area contributed by atoms with Gasteiger partial charge in [0.25, 0.3) is 10.2 Å². The van der Waals surface area contributed by atoms with Crippen LogP contribution in [0, 0.1) is 6.92 Å². The van der Waals surface area contributed by atoms with Gasteiger partial charge in [-0.2, -0.15) is 17.0 Å². The highest BCUT2D eigenvalue weighted by Gasteiger charge is 2.47. The first-order valence-electron chi connectivity index (χ1n) is 7.81. The van der Waals surface area contributed by atoms with Gasteiger partial charge >= 0.3 is 5.97 Å². The molecule has 1 aliphatic rings.